The van der Waals surface area contributed by atoms with Crippen molar-refractivity contribution < 1.29 is 13.3 Å². The number of hydrogen-bond donors (Lipinski definition) is 0. The highest BCUT2D eigenvalue weighted by molar-refractivity contribution is 7.89. The SMILES string of the molecule is Cc1ccc([N+](=O)[O-])cc1S(=O)(=O)N1CCN(c2cccc(C)c2C)CC1. The molecule has 1 heterocycles. The van der Waals surface area contributed by atoms with Gasteiger partial charge in [0.05, 0.1) is 9.82 Å². The van der Waals surface area contributed by atoms with E-state index in [1.807, 2.05) is 6.07 Å². The topological polar surface area (TPSA) is 83.8 Å². The van der Waals surface area contributed by atoms with E-state index in [0.29, 0.717) is 31.7 Å². The van der Waals surface area contributed by atoms with Crippen LogP contribution in [0, 0.1) is 30.9 Å². The Labute approximate surface area is 159 Å². The van der Waals surface area contributed by atoms with E-state index < -0.39 is 14.9 Å². The molecule has 0 aromatic heterocycles. The van der Waals surface area contributed by atoms with Crippen LogP contribution < -0.4 is 4.90 Å². The van der Waals surface area contributed by atoms with Gasteiger partial charge in [0.2, 0.25) is 10.0 Å². The quantitative estimate of drug-likeness (QED) is 0.593. The van der Waals surface area contributed by atoms with Gasteiger partial charge in [-0.25, -0.2) is 8.42 Å². The molecule has 0 aliphatic carbocycles. The Kier molecular flexibility index (Phi) is 5.21. The molecule has 1 aliphatic heterocycles. The van der Waals surface area contributed by atoms with Crippen molar-refractivity contribution in [2.75, 3.05) is 31.1 Å². The van der Waals surface area contributed by atoms with E-state index in [-0.39, 0.29) is 10.6 Å². The molecule has 0 radical (unpaired) electrons. The van der Waals surface area contributed by atoms with Gasteiger partial charge in [0, 0.05) is 44.0 Å². The first-order chi connectivity index (χ1) is 12.7. The summed E-state index contributed by atoms with van der Waals surface area (Å²) in [5.41, 5.74) is 3.82. The van der Waals surface area contributed by atoms with Crippen LogP contribution in [0.5, 0.6) is 0 Å². The first kappa shape index (κ1) is 19.3. The molecule has 0 bridgehead atoms. The lowest BCUT2D eigenvalue weighted by Gasteiger charge is -2.36. The second kappa shape index (κ2) is 7.28. The standard InChI is InChI=1S/C19H23N3O4S/c1-14-5-4-6-18(16(14)3)20-9-11-21(12-10-20)27(25,26)19-13-17(22(23)24)8-7-15(19)2/h4-8,13H,9-12H2,1-3H3. The zero-order valence-electron chi connectivity index (χ0n) is 15.7. The van der Waals surface area contributed by atoms with Crippen LogP contribution in [0.15, 0.2) is 41.3 Å². The molecule has 0 amide bonds. The van der Waals surface area contributed by atoms with Crippen LogP contribution in [0.3, 0.4) is 0 Å². The van der Waals surface area contributed by atoms with Crippen molar-refractivity contribution in [3.05, 3.63) is 63.2 Å². The fourth-order valence-corrected chi connectivity index (χ4v) is 5.03. The molecule has 1 saturated heterocycles. The minimum absolute atomic E-state index is 0.0110. The Morgan fingerprint density at radius 1 is 0.963 bits per heavy atom. The minimum atomic E-state index is -3.77. The highest BCUT2D eigenvalue weighted by Crippen LogP contribution is 2.28. The summed E-state index contributed by atoms with van der Waals surface area (Å²) in [4.78, 5) is 12.6. The Hall–Kier alpha value is -2.45. The van der Waals surface area contributed by atoms with Gasteiger partial charge in [-0.3, -0.25) is 10.1 Å². The van der Waals surface area contributed by atoms with E-state index in [1.54, 1.807) is 6.92 Å². The van der Waals surface area contributed by atoms with Crippen molar-refractivity contribution in [2.45, 2.75) is 25.7 Å². The lowest BCUT2D eigenvalue weighted by Crippen LogP contribution is -2.49. The minimum Gasteiger partial charge on any atom is -0.369 e. The molecule has 7 nitrogen and oxygen atoms in total. The number of anilines is 1. The van der Waals surface area contributed by atoms with Crippen molar-refractivity contribution in [3.63, 3.8) is 0 Å². The third-order valence-corrected chi connectivity index (χ3v) is 7.20. The molecule has 0 saturated carbocycles. The fraction of sp³-hybridized carbons (Fsp3) is 0.368. The first-order valence-corrected chi connectivity index (χ1v) is 10.2. The van der Waals surface area contributed by atoms with Gasteiger partial charge < -0.3 is 4.90 Å². The van der Waals surface area contributed by atoms with Gasteiger partial charge in [0.15, 0.2) is 0 Å². The molecule has 0 atom stereocenters. The summed E-state index contributed by atoms with van der Waals surface area (Å²) in [5, 5.41) is 11.0. The second-order valence-electron chi connectivity index (χ2n) is 6.82. The molecule has 27 heavy (non-hydrogen) atoms. The van der Waals surface area contributed by atoms with Crippen LogP contribution in [-0.2, 0) is 10.0 Å². The van der Waals surface area contributed by atoms with Crippen molar-refractivity contribution in [1.82, 2.24) is 4.31 Å². The summed E-state index contributed by atoms with van der Waals surface area (Å²) < 4.78 is 27.5. The number of aryl methyl sites for hydroxylation is 2. The highest BCUT2D eigenvalue weighted by Gasteiger charge is 2.31. The molecule has 1 fully saturated rings. The van der Waals surface area contributed by atoms with Crippen molar-refractivity contribution in [2.24, 2.45) is 0 Å². The number of non-ortho nitro benzene ring substituents is 1. The summed E-state index contributed by atoms with van der Waals surface area (Å²) in [5.74, 6) is 0. The zero-order valence-corrected chi connectivity index (χ0v) is 16.5. The van der Waals surface area contributed by atoms with E-state index >= 15 is 0 Å². The smallest absolute Gasteiger partial charge is 0.270 e. The number of rotatable bonds is 4. The molecule has 0 unspecified atom stereocenters. The third kappa shape index (κ3) is 3.68. The van der Waals surface area contributed by atoms with Gasteiger partial charge in [-0.1, -0.05) is 18.2 Å². The molecular weight excluding hydrogens is 366 g/mol. The van der Waals surface area contributed by atoms with E-state index in [0.717, 1.165) is 11.8 Å². The molecule has 2 aromatic rings. The van der Waals surface area contributed by atoms with E-state index in [9.17, 15) is 18.5 Å². The van der Waals surface area contributed by atoms with E-state index in [1.165, 1.54) is 27.6 Å². The van der Waals surface area contributed by atoms with E-state index in [2.05, 4.69) is 30.9 Å². The van der Waals surface area contributed by atoms with Crippen LogP contribution in [0.2, 0.25) is 0 Å². The Bertz CT molecular complexity index is 980. The second-order valence-corrected chi connectivity index (χ2v) is 8.72. The summed E-state index contributed by atoms with van der Waals surface area (Å²) in [6.07, 6.45) is 0. The average molecular weight is 389 g/mol. The predicted octanol–water partition coefficient (Wildman–Crippen LogP) is 3.03. The molecule has 0 spiro atoms. The fourth-order valence-electron chi connectivity index (χ4n) is 3.37. The summed E-state index contributed by atoms with van der Waals surface area (Å²) >= 11 is 0. The van der Waals surface area contributed by atoms with Gasteiger partial charge in [-0.15, -0.1) is 0 Å². The van der Waals surface area contributed by atoms with Crippen LogP contribution in [0.25, 0.3) is 0 Å². The van der Waals surface area contributed by atoms with Gasteiger partial charge in [0.1, 0.15) is 0 Å². The van der Waals surface area contributed by atoms with Crippen molar-refractivity contribution in [3.8, 4) is 0 Å². The van der Waals surface area contributed by atoms with Crippen LogP contribution >= 0.6 is 0 Å². The predicted molar refractivity (Wildman–Crippen MR) is 105 cm³/mol. The largest absolute Gasteiger partial charge is 0.369 e. The van der Waals surface area contributed by atoms with E-state index in [4.69, 9.17) is 0 Å². The number of nitro groups is 1. The normalized spacial score (nSPS) is 15.7. The summed E-state index contributed by atoms with van der Waals surface area (Å²) in [7, 11) is -3.77. The number of nitrogens with zero attached hydrogens (tertiary/aromatic N) is 3. The van der Waals surface area contributed by atoms with Crippen LogP contribution in [0.1, 0.15) is 16.7 Å². The van der Waals surface area contributed by atoms with Crippen molar-refractivity contribution in [1.29, 1.82) is 0 Å². The average Bonchev–Trinajstić information content (AvgIpc) is 2.64. The maximum atomic E-state index is 13.0. The van der Waals surface area contributed by atoms with Gasteiger partial charge in [0.25, 0.3) is 5.69 Å². The molecular formula is C19H23N3O4S. The molecule has 8 heteroatoms. The molecule has 1 aliphatic rings. The molecule has 2 aromatic carbocycles. The first-order valence-electron chi connectivity index (χ1n) is 8.78. The number of nitro benzene ring substituents is 1. The summed E-state index contributed by atoms with van der Waals surface area (Å²) in [6.45, 7) is 7.64. The van der Waals surface area contributed by atoms with Crippen molar-refractivity contribution >= 4 is 21.4 Å². The van der Waals surface area contributed by atoms with Crippen LogP contribution in [-0.4, -0.2) is 43.8 Å². The van der Waals surface area contributed by atoms with Gasteiger partial charge in [-0.05, 0) is 43.5 Å². The lowest BCUT2D eigenvalue weighted by atomic mass is 10.1. The number of sulfonamides is 1. The Morgan fingerprint density at radius 2 is 1.63 bits per heavy atom. The van der Waals surface area contributed by atoms with Crippen LogP contribution in [0.4, 0.5) is 11.4 Å². The van der Waals surface area contributed by atoms with Gasteiger partial charge >= 0.3 is 0 Å². The molecule has 0 N–H and O–H groups in total. The number of piperazine rings is 1. The Morgan fingerprint density at radius 3 is 2.26 bits per heavy atom. The van der Waals surface area contributed by atoms with Gasteiger partial charge in [-0.2, -0.15) is 4.31 Å². The maximum absolute atomic E-state index is 13.0. The third-order valence-electron chi connectivity index (χ3n) is 5.16. The Balaban J connectivity index is 1.82. The number of benzene rings is 2. The zero-order chi connectivity index (χ0) is 19.8. The monoisotopic (exact) mass is 389 g/mol. The summed E-state index contributed by atoms with van der Waals surface area (Å²) in [6, 6.07) is 10.1. The lowest BCUT2D eigenvalue weighted by molar-refractivity contribution is -0.385. The maximum Gasteiger partial charge on any atom is 0.270 e. The highest BCUT2D eigenvalue weighted by atomic mass is 32.2. The molecule has 3 rings (SSSR count). The molecule has 144 valence electrons. The number of hydrogen-bond acceptors (Lipinski definition) is 5.